The number of ketones is 2. The second kappa shape index (κ2) is 8.47. The number of aromatic nitrogens is 2. The van der Waals surface area contributed by atoms with Gasteiger partial charge in [0.05, 0.1) is 19.7 Å². The molecular formula is C24H23N3O4+2. The summed E-state index contributed by atoms with van der Waals surface area (Å²) in [5.74, 6) is -2.16. The zero-order valence-electron chi connectivity index (χ0n) is 17.3. The Hall–Kier alpha value is -3.87. The number of pyridine rings is 2. The van der Waals surface area contributed by atoms with Crippen LogP contribution in [0.25, 0.3) is 0 Å². The van der Waals surface area contributed by atoms with Gasteiger partial charge in [-0.2, -0.15) is 0 Å². The Bertz CT molecular complexity index is 1130. The fourth-order valence-electron chi connectivity index (χ4n) is 4.06. The van der Waals surface area contributed by atoms with E-state index < -0.39 is 23.7 Å². The number of carbonyl (C=O) groups is 3. The Kier molecular flexibility index (Phi) is 5.58. The molecular weight excluding hydrogens is 394 g/mol. The van der Waals surface area contributed by atoms with Crippen molar-refractivity contribution in [2.24, 2.45) is 5.92 Å². The van der Waals surface area contributed by atoms with Crippen LogP contribution in [-0.2, 0) is 16.1 Å². The van der Waals surface area contributed by atoms with Crippen LogP contribution in [0.3, 0.4) is 0 Å². The molecule has 0 aliphatic carbocycles. The van der Waals surface area contributed by atoms with Crippen molar-refractivity contribution in [2.45, 2.75) is 19.5 Å². The molecule has 0 spiro atoms. The number of hydrogen-bond donors (Lipinski definition) is 0. The summed E-state index contributed by atoms with van der Waals surface area (Å²) in [4.78, 5) is 47.0. The maximum absolute atomic E-state index is 13.5. The van der Waals surface area contributed by atoms with Gasteiger partial charge in [0.25, 0.3) is 5.91 Å². The van der Waals surface area contributed by atoms with E-state index in [2.05, 4.69) is 9.97 Å². The molecule has 7 nitrogen and oxygen atoms in total. The van der Waals surface area contributed by atoms with E-state index in [1.54, 1.807) is 62.2 Å². The normalized spacial score (nSPS) is 18.3. The molecule has 0 bridgehead atoms. The molecule has 2 aromatic heterocycles. The predicted octanol–water partition coefficient (Wildman–Crippen LogP) is 1.78. The van der Waals surface area contributed by atoms with E-state index >= 15 is 0 Å². The topological polar surface area (TPSA) is 92.0 Å². The Balaban J connectivity index is 1.76. The molecule has 2 N–H and O–H groups in total. The molecule has 2 unspecified atom stereocenters. The van der Waals surface area contributed by atoms with E-state index in [0.717, 1.165) is 16.7 Å². The molecule has 2 atom stereocenters. The second-order valence-electron chi connectivity index (χ2n) is 7.51. The van der Waals surface area contributed by atoms with E-state index in [-0.39, 0.29) is 12.3 Å². The highest BCUT2D eigenvalue weighted by Crippen LogP contribution is 2.39. The number of nitrogens with one attached hydrogen (secondary N) is 2. The number of likely N-dealkylation sites (tertiary alicyclic amines) is 1. The van der Waals surface area contributed by atoms with Crippen LogP contribution < -0.4 is 14.7 Å². The molecule has 31 heavy (non-hydrogen) atoms. The molecule has 4 rings (SSSR count). The SMILES string of the molecule is COc1ccc(C(=O)C2C(=O)C(=O)N(Cc3ccc[nH+]c3)C2c2cc[nH+]cc2)cc1C. The Morgan fingerprint density at radius 3 is 2.48 bits per heavy atom. The molecule has 156 valence electrons. The molecule has 1 aliphatic heterocycles. The minimum Gasteiger partial charge on any atom is -0.496 e. The van der Waals surface area contributed by atoms with Crippen molar-refractivity contribution in [3.05, 3.63) is 89.5 Å². The fraction of sp³-hybridized carbons (Fsp3) is 0.208. The number of carbonyl (C=O) groups excluding carboxylic acids is 3. The Morgan fingerprint density at radius 2 is 1.84 bits per heavy atom. The molecule has 1 aromatic carbocycles. The van der Waals surface area contributed by atoms with Crippen LogP contribution in [0, 0.1) is 12.8 Å². The maximum atomic E-state index is 13.5. The van der Waals surface area contributed by atoms with Gasteiger partial charge in [0.15, 0.2) is 30.6 Å². The Morgan fingerprint density at radius 1 is 1.06 bits per heavy atom. The summed E-state index contributed by atoms with van der Waals surface area (Å²) in [7, 11) is 1.56. The van der Waals surface area contributed by atoms with Gasteiger partial charge >= 0.3 is 0 Å². The number of aromatic amines is 2. The highest BCUT2D eigenvalue weighted by Gasteiger charge is 2.51. The predicted molar refractivity (Wildman–Crippen MR) is 110 cm³/mol. The van der Waals surface area contributed by atoms with Crippen LogP contribution in [0.15, 0.2) is 67.3 Å². The zero-order chi connectivity index (χ0) is 22.0. The van der Waals surface area contributed by atoms with Crippen LogP contribution in [0.4, 0.5) is 0 Å². The minimum atomic E-state index is -1.12. The van der Waals surface area contributed by atoms with Crippen molar-refractivity contribution < 1.29 is 29.1 Å². The molecule has 1 saturated heterocycles. The number of amides is 1. The largest absolute Gasteiger partial charge is 0.496 e. The van der Waals surface area contributed by atoms with Gasteiger partial charge in [0.1, 0.15) is 11.7 Å². The van der Waals surface area contributed by atoms with Crippen LogP contribution in [0.1, 0.15) is 33.1 Å². The summed E-state index contributed by atoms with van der Waals surface area (Å²) < 4.78 is 5.27. The molecule has 0 radical (unpaired) electrons. The number of hydrogen-bond acceptors (Lipinski definition) is 4. The van der Waals surface area contributed by atoms with Gasteiger partial charge in [0, 0.05) is 29.3 Å². The molecule has 1 amide bonds. The van der Waals surface area contributed by atoms with Crippen LogP contribution >= 0.6 is 0 Å². The molecule has 1 fully saturated rings. The van der Waals surface area contributed by atoms with Gasteiger partial charge in [-0.1, -0.05) is 0 Å². The summed E-state index contributed by atoms with van der Waals surface area (Å²) in [6.45, 7) is 2.05. The minimum absolute atomic E-state index is 0.219. The molecule has 3 heterocycles. The van der Waals surface area contributed by atoms with Crippen molar-refractivity contribution in [1.82, 2.24) is 4.90 Å². The van der Waals surface area contributed by atoms with Gasteiger partial charge in [-0.3, -0.25) is 14.4 Å². The standard InChI is InChI=1S/C24H21N3O4/c1-15-12-18(5-6-19(15)31-2)22(28)20-21(17-7-10-25-11-8-17)27(24(30)23(20)29)14-16-4-3-9-26-13-16/h3-13,20-21H,14H2,1-2H3/p+2. The van der Waals surface area contributed by atoms with E-state index in [1.165, 1.54) is 4.90 Å². The monoisotopic (exact) mass is 417 g/mol. The average molecular weight is 417 g/mol. The van der Waals surface area contributed by atoms with E-state index in [1.807, 2.05) is 19.1 Å². The third-order valence-electron chi connectivity index (χ3n) is 5.58. The maximum Gasteiger partial charge on any atom is 0.291 e. The van der Waals surface area contributed by atoms with Crippen LogP contribution in [0.5, 0.6) is 5.75 Å². The first kappa shape index (κ1) is 20.4. The quantitative estimate of drug-likeness (QED) is 0.347. The summed E-state index contributed by atoms with van der Waals surface area (Å²) in [5, 5.41) is 0. The summed E-state index contributed by atoms with van der Waals surface area (Å²) in [5.41, 5.74) is 2.73. The number of ether oxygens (including phenoxy) is 1. The number of rotatable bonds is 6. The van der Waals surface area contributed by atoms with Crippen LogP contribution in [-0.4, -0.2) is 29.5 Å². The summed E-state index contributed by atoms with van der Waals surface area (Å²) >= 11 is 0. The van der Waals surface area contributed by atoms with Crippen molar-refractivity contribution in [2.75, 3.05) is 7.11 Å². The molecule has 1 aliphatic rings. The molecule has 0 saturated carbocycles. The summed E-state index contributed by atoms with van der Waals surface area (Å²) in [6.07, 6.45) is 6.98. The van der Waals surface area contributed by atoms with E-state index in [4.69, 9.17) is 4.74 Å². The lowest BCUT2D eigenvalue weighted by atomic mass is 9.86. The average Bonchev–Trinajstić information content (AvgIpc) is 3.04. The van der Waals surface area contributed by atoms with Gasteiger partial charge < -0.3 is 9.64 Å². The lowest BCUT2D eigenvalue weighted by Gasteiger charge is -2.26. The van der Waals surface area contributed by atoms with Crippen molar-refractivity contribution in [3.8, 4) is 5.75 Å². The number of nitrogens with zero attached hydrogens (tertiary/aromatic N) is 1. The number of benzene rings is 1. The Labute approximate surface area is 179 Å². The van der Waals surface area contributed by atoms with Crippen LogP contribution in [0.2, 0.25) is 0 Å². The highest BCUT2D eigenvalue weighted by molar-refractivity contribution is 6.44. The van der Waals surface area contributed by atoms with Gasteiger partial charge in [-0.25, -0.2) is 9.97 Å². The number of Topliss-reactive ketones (excluding diaryl/α,β-unsaturated/α-hetero) is 2. The second-order valence-corrected chi connectivity index (χ2v) is 7.51. The number of H-pyrrole nitrogens is 2. The first-order chi connectivity index (χ1) is 15.0. The van der Waals surface area contributed by atoms with Crippen molar-refractivity contribution in [1.29, 1.82) is 0 Å². The fourth-order valence-corrected chi connectivity index (χ4v) is 4.06. The van der Waals surface area contributed by atoms with E-state index in [0.29, 0.717) is 11.3 Å². The third kappa shape index (κ3) is 3.82. The van der Waals surface area contributed by atoms with E-state index in [9.17, 15) is 14.4 Å². The number of aryl methyl sites for hydroxylation is 1. The van der Waals surface area contributed by atoms with Gasteiger partial charge in [-0.05, 0) is 42.3 Å². The smallest absolute Gasteiger partial charge is 0.291 e. The number of methoxy groups -OCH3 is 1. The zero-order valence-corrected chi connectivity index (χ0v) is 17.3. The first-order valence-corrected chi connectivity index (χ1v) is 9.96. The van der Waals surface area contributed by atoms with Crippen molar-refractivity contribution >= 4 is 17.5 Å². The van der Waals surface area contributed by atoms with Gasteiger partial charge in [0.2, 0.25) is 5.78 Å². The third-order valence-corrected chi connectivity index (χ3v) is 5.58. The van der Waals surface area contributed by atoms with Crippen molar-refractivity contribution in [3.63, 3.8) is 0 Å². The lowest BCUT2D eigenvalue weighted by Crippen LogP contribution is -2.31. The summed E-state index contributed by atoms with van der Waals surface area (Å²) in [6, 6.07) is 11.6. The molecule has 3 aromatic rings. The highest BCUT2D eigenvalue weighted by atomic mass is 16.5. The van der Waals surface area contributed by atoms with Gasteiger partial charge in [-0.15, -0.1) is 0 Å². The molecule has 7 heteroatoms. The lowest BCUT2D eigenvalue weighted by molar-refractivity contribution is -0.379. The first-order valence-electron chi connectivity index (χ1n) is 9.96.